The first-order valence-corrected chi connectivity index (χ1v) is 20.2. The number of ketones is 2. The van der Waals surface area contributed by atoms with Crippen LogP contribution in [0.4, 0.5) is 0 Å². The third-order valence-corrected chi connectivity index (χ3v) is 12.7. The van der Waals surface area contributed by atoms with E-state index in [-0.39, 0.29) is 65.8 Å². The summed E-state index contributed by atoms with van der Waals surface area (Å²) in [5, 5.41) is 10.3. The van der Waals surface area contributed by atoms with Gasteiger partial charge in [0.05, 0.1) is 50.4 Å². The van der Waals surface area contributed by atoms with Gasteiger partial charge in [-0.3, -0.25) is 14.4 Å². The van der Waals surface area contributed by atoms with E-state index < -0.39 is 34.7 Å². The molecule has 2 aromatic heterocycles. The van der Waals surface area contributed by atoms with Crippen LogP contribution in [0.5, 0.6) is 23.0 Å². The topological polar surface area (TPSA) is 166 Å². The summed E-state index contributed by atoms with van der Waals surface area (Å²) in [4.78, 5) is 77.4. The Morgan fingerprint density at radius 2 is 1.53 bits per heavy atom. The maximum Gasteiger partial charge on any atom is 0.347 e. The normalized spacial score (nSPS) is 20.6. The van der Waals surface area contributed by atoms with Gasteiger partial charge in [0.2, 0.25) is 0 Å². The molecule has 14 nitrogen and oxygen atoms in total. The first-order chi connectivity index (χ1) is 30.0. The number of hydrogen-bond donors (Lipinski definition) is 1. The number of aromatic nitrogens is 5. The van der Waals surface area contributed by atoms with Gasteiger partial charge >= 0.3 is 11.4 Å². The third kappa shape index (κ3) is 6.15. The molecule has 1 N–H and O–H groups in total. The highest BCUT2D eigenvalue weighted by Gasteiger charge is 2.62. The highest BCUT2D eigenvalue weighted by molar-refractivity contribution is 6.31. The largest absolute Gasteiger partial charge is 0.504 e. The monoisotopic (exact) mass is 833 g/mol. The van der Waals surface area contributed by atoms with E-state index in [2.05, 4.69) is 4.98 Å². The van der Waals surface area contributed by atoms with E-state index in [1.54, 1.807) is 43.4 Å². The molecule has 14 heteroatoms. The molecular formula is C48H43N5O9. The maximum atomic E-state index is 15.2. The van der Waals surface area contributed by atoms with Crippen LogP contribution < -0.4 is 31.1 Å². The van der Waals surface area contributed by atoms with E-state index in [9.17, 15) is 19.5 Å². The lowest BCUT2D eigenvalue weighted by molar-refractivity contribution is -0.133. The molecule has 3 aliphatic rings. The molecule has 0 amide bonds. The minimum Gasteiger partial charge on any atom is -0.504 e. The summed E-state index contributed by atoms with van der Waals surface area (Å²) < 4.78 is 21.6. The number of methoxy groups -OCH3 is 3. The molecule has 62 heavy (non-hydrogen) atoms. The van der Waals surface area contributed by atoms with Crippen molar-refractivity contribution in [2.75, 3.05) is 21.3 Å². The molecule has 0 saturated heterocycles. The molecule has 9 rings (SSSR count). The molecule has 4 aromatic carbocycles. The summed E-state index contributed by atoms with van der Waals surface area (Å²) in [6, 6.07) is 25.8. The zero-order valence-electron chi connectivity index (χ0n) is 34.5. The standard InChI is InChI=1S/C48H43N5O9/c1-50-38-27-42(62-4)41(61-3)26-36(38)49-35(45(50)57)20-21-51-46(58)52-22-19-31-33(17-15-28-16-18-39(54)40(23-28)60-2)48(30-13-9-6-10-14-30)34(25-37(31)53(52)47(51)59)44(56)32(24-43(48)55)29-11-7-5-8-12-29/h5-19,23-24,26-27,33-34,37,54H,20-22,25H2,1-4H3/t33-,34-,37+,48-/m0/s1. The minimum atomic E-state index is -1.42. The zero-order valence-corrected chi connectivity index (χ0v) is 34.5. The van der Waals surface area contributed by atoms with Crippen molar-refractivity contribution in [3.8, 4) is 23.0 Å². The quantitative estimate of drug-likeness (QED) is 0.185. The van der Waals surface area contributed by atoms with Crippen molar-refractivity contribution >= 4 is 34.2 Å². The lowest BCUT2D eigenvalue weighted by atomic mass is 9.49. The number of nitrogens with zero attached hydrogens (tertiary/aromatic N) is 5. The van der Waals surface area contributed by atoms with Crippen LogP contribution in [0.3, 0.4) is 0 Å². The van der Waals surface area contributed by atoms with Crippen molar-refractivity contribution in [2.45, 2.75) is 37.4 Å². The highest BCUT2D eigenvalue weighted by atomic mass is 16.5. The summed E-state index contributed by atoms with van der Waals surface area (Å²) >= 11 is 0. The van der Waals surface area contributed by atoms with Crippen LogP contribution in [0.2, 0.25) is 0 Å². The molecule has 6 aromatic rings. The first-order valence-electron chi connectivity index (χ1n) is 20.2. The van der Waals surface area contributed by atoms with Crippen molar-refractivity contribution in [3.63, 3.8) is 0 Å². The van der Waals surface area contributed by atoms with Gasteiger partial charge in [-0.25, -0.2) is 28.5 Å². The Bertz CT molecular complexity index is 3080. The summed E-state index contributed by atoms with van der Waals surface area (Å²) in [7, 11) is 6.07. The van der Waals surface area contributed by atoms with Gasteiger partial charge in [-0.1, -0.05) is 85.0 Å². The fourth-order valence-corrected chi connectivity index (χ4v) is 9.72. The zero-order chi connectivity index (χ0) is 43.4. The van der Waals surface area contributed by atoms with Gasteiger partial charge in [0, 0.05) is 49.6 Å². The summed E-state index contributed by atoms with van der Waals surface area (Å²) in [5.41, 5.74) is 1.06. The number of phenols is 1. The van der Waals surface area contributed by atoms with Crippen molar-refractivity contribution in [1.29, 1.82) is 0 Å². The van der Waals surface area contributed by atoms with Crippen LogP contribution in [0.1, 0.15) is 34.8 Å². The summed E-state index contributed by atoms with van der Waals surface area (Å²) in [6.07, 6.45) is 7.09. The highest BCUT2D eigenvalue weighted by Crippen LogP contribution is 2.58. The third-order valence-electron chi connectivity index (χ3n) is 12.7. The first kappa shape index (κ1) is 40.0. The number of allylic oxidation sites excluding steroid dienone is 5. The number of carbonyl (C=O) groups excluding carboxylic acids is 2. The van der Waals surface area contributed by atoms with Crippen LogP contribution in [-0.2, 0) is 41.6 Å². The van der Waals surface area contributed by atoms with Crippen molar-refractivity contribution in [2.24, 2.45) is 18.9 Å². The van der Waals surface area contributed by atoms with E-state index in [0.717, 1.165) is 4.57 Å². The number of phenolic OH excluding ortho intramolecular Hbond substituents is 1. The van der Waals surface area contributed by atoms with Gasteiger partial charge < -0.3 is 23.9 Å². The molecule has 314 valence electrons. The number of benzene rings is 4. The van der Waals surface area contributed by atoms with Crippen LogP contribution in [-0.4, -0.2) is 61.5 Å². The smallest absolute Gasteiger partial charge is 0.347 e. The molecule has 1 fully saturated rings. The fourth-order valence-electron chi connectivity index (χ4n) is 9.72. The Labute approximate surface area is 354 Å². The molecule has 0 unspecified atom stereocenters. The predicted octanol–water partition coefficient (Wildman–Crippen LogP) is 5.04. The number of Topliss-reactive ketones (excluding diaryl/α,β-unsaturated/α-hetero) is 1. The molecule has 1 aliphatic heterocycles. The Morgan fingerprint density at radius 3 is 2.24 bits per heavy atom. The van der Waals surface area contributed by atoms with E-state index in [0.29, 0.717) is 44.8 Å². The second kappa shape index (κ2) is 15.5. The van der Waals surface area contributed by atoms with Gasteiger partial charge in [0.15, 0.2) is 34.6 Å². The number of rotatable bonds is 10. The molecule has 0 spiro atoms. The van der Waals surface area contributed by atoms with E-state index in [4.69, 9.17) is 14.2 Å². The van der Waals surface area contributed by atoms with E-state index >= 15 is 9.59 Å². The molecule has 3 heterocycles. The second-order valence-corrected chi connectivity index (χ2v) is 15.7. The molecule has 4 atom stereocenters. The van der Waals surface area contributed by atoms with Crippen LogP contribution >= 0.6 is 0 Å². The van der Waals surface area contributed by atoms with Crippen LogP contribution in [0.15, 0.2) is 129 Å². The van der Waals surface area contributed by atoms with Gasteiger partial charge in [0.25, 0.3) is 5.56 Å². The van der Waals surface area contributed by atoms with Gasteiger partial charge in [-0.2, -0.15) is 0 Å². The van der Waals surface area contributed by atoms with E-state index in [1.165, 1.54) is 47.4 Å². The average Bonchev–Trinajstić information content (AvgIpc) is 3.55. The number of ether oxygens (including phenoxy) is 3. The van der Waals surface area contributed by atoms with Gasteiger partial charge in [-0.05, 0) is 46.9 Å². The Hall–Kier alpha value is -7.48. The van der Waals surface area contributed by atoms with Gasteiger partial charge in [-0.15, -0.1) is 0 Å². The Balaban J connectivity index is 1.17. The minimum absolute atomic E-state index is 0.0185. The molecule has 1 saturated carbocycles. The Kier molecular flexibility index (Phi) is 10.0. The molecular weight excluding hydrogens is 791 g/mol. The van der Waals surface area contributed by atoms with Crippen LogP contribution in [0.25, 0.3) is 22.7 Å². The van der Waals surface area contributed by atoms with Crippen molar-refractivity contribution in [3.05, 3.63) is 169 Å². The fraction of sp³-hybridized carbons (Fsp3) is 0.250. The lowest BCUT2D eigenvalue weighted by Gasteiger charge is -2.53. The lowest BCUT2D eigenvalue weighted by Crippen LogP contribution is -2.59. The number of aryl methyl sites for hydroxylation is 2. The van der Waals surface area contributed by atoms with Gasteiger partial charge in [0.1, 0.15) is 5.69 Å². The second-order valence-electron chi connectivity index (χ2n) is 15.7. The molecule has 0 bridgehead atoms. The summed E-state index contributed by atoms with van der Waals surface area (Å²) in [6.45, 7) is -0.125. The SMILES string of the molecule is COc1cc(C=C[C@H]2C3=CCn4c(=O)n(CCc5nc6cc(OC)c(OC)cc6n(C)c5=O)c(=O)n4[C@@H]3C[C@H]3C(=O)C(c4ccccc4)=CC(=O)[C@@]23c2ccccc2)ccc1O. The molecule has 0 radical (unpaired) electrons. The maximum absolute atomic E-state index is 15.2. The molecule has 2 aliphatic carbocycles. The average molecular weight is 834 g/mol. The number of fused-ring (bicyclic) bond motifs is 5. The number of hydrogen-bond acceptors (Lipinski definition) is 10. The summed E-state index contributed by atoms with van der Waals surface area (Å²) in [5.74, 6) is -1.14. The number of carbonyl (C=O) groups is 2. The number of aromatic hydroxyl groups is 1. The van der Waals surface area contributed by atoms with Crippen molar-refractivity contribution < 1.29 is 28.9 Å². The van der Waals surface area contributed by atoms with Crippen LogP contribution in [0, 0.1) is 11.8 Å². The van der Waals surface area contributed by atoms with E-state index in [1.807, 2.05) is 66.8 Å². The Morgan fingerprint density at radius 1 is 0.839 bits per heavy atom. The van der Waals surface area contributed by atoms with Crippen molar-refractivity contribution in [1.82, 2.24) is 23.5 Å². The predicted molar refractivity (Wildman–Crippen MR) is 232 cm³/mol.